The smallest absolute Gasteiger partial charge is 0.233 e. The summed E-state index contributed by atoms with van der Waals surface area (Å²) < 4.78 is 18.3. The third-order valence-corrected chi connectivity index (χ3v) is 5.57. The van der Waals surface area contributed by atoms with Crippen molar-refractivity contribution in [1.82, 2.24) is 29.5 Å². The number of imidazole rings is 1. The maximum Gasteiger partial charge on any atom is 0.233 e. The molecular formula is C22H20N8O3S. The molecule has 1 aromatic carbocycles. The Balaban J connectivity index is 1.62. The molecule has 0 spiro atoms. The van der Waals surface area contributed by atoms with Crippen LogP contribution in [0.3, 0.4) is 0 Å². The minimum Gasteiger partial charge on any atom is -0.493 e. The van der Waals surface area contributed by atoms with Crippen molar-refractivity contribution < 1.29 is 14.2 Å². The molecule has 4 heterocycles. The molecule has 0 unspecified atom stereocenters. The first-order chi connectivity index (χ1) is 16.7. The van der Waals surface area contributed by atoms with Crippen LogP contribution in [0.25, 0.3) is 16.9 Å². The number of hydrogen-bond acceptors (Lipinski definition) is 11. The molecule has 0 fully saturated rings. The summed E-state index contributed by atoms with van der Waals surface area (Å²) >= 11 is 1.59. The maximum atomic E-state index is 5.48. The third-order valence-electron chi connectivity index (χ3n) is 4.90. The van der Waals surface area contributed by atoms with Gasteiger partial charge in [-0.1, -0.05) is 0 Å². The molecule has 172 valence electrons. The lowest BCUT2D eigenvalue weighted by Crippen LogP contribution is -2.05. The molecule has 0 atom stereocenters. The zero-order valence-electron chi connectivity index (χ0n) is 18.5. The number of hydrogen-bond donors (Lipinski definition) is 2. The van der Waals surface area contributed by atoms with E-state index in [4.69, 9.17) is 14.2 Å². The van der Waals surface area contributed by atoms with Crippen molar-refractivity contribution in [3.8, 4) is 22.9 Å². The highest BCUT2D eigenvalue weighted by Gasteiger charge is 2.18. The average Bonchev–Trinajstić information content (AvgIpc) is 3.54. The van der Waals surface area contributed by atoms with Crippen LogP contribution in [0.15, 0.2) is 53.7 Å². The molecule has 0 bridgehead atoms. The second kappa shape index (κ2) is 9.19. The normalized spacial score (nSPS) is 10.8. The first kappa shape index (κ1) is 21.4. The van der Waals surface area contributed by atoms with E-state index in [1.54, 1.807) is 69.6 Å². The van der Waals surface area contributed by atoms with Crippen molar-refractivity contribution in [3.63, 3.8) is 0 Å². The van der Waals surface area contributed by atoms with Gasteiger partial charge in [-0.05, 0) is 17.5 Å². The van der Waals surface area contributed by atoms with E-state index in [-0.39, 0.29) is 0 Å². The Labute approximate surface area is 198 Å². The summed E-state index contributed by atoms with van der Waals surface area (Å²) in [4.78, 5) is 22.3. The van der Waals surface area contributed by atoms with Crippen LogP contribution in [-0.2, 0) is 0 Å². The maximum absolute atomic E-state index is 5.48. The summed E-state index contributed by atoms with van der Waals surface area (Å²) in [5.74, 6) is 2.68. The Bertz CT molecular complexity index is 1400. The number of aromatic nitrogens is 6. The second-order valence-electron chi connectivity index (χ2n) is 6.90. The highest BCUT2D eigenvalue weighted by Crippen LogP contribution is 2.41. The van der Waals surface area contributed by atoms with Crippen LogP contribution in [0.1, 0.15) is 0 Å². The van der Waals surface area contributed by atoms with Gasteiger partial charge in [0.1, 0.15) is 6.33 Å². The number of anilines is 4. The van der Waals surface area contributed by atoms with E-state index in [0.717, 1.165) is 5.69 Å². The SMILES string of the molecule is COc1cc(Nc2nc(Nc3ncccn3)nc3c2ncn3-c2ccsc2)cc(OC)c1OC. The lowest BCUT2D eigenvalue weighted by atomic mass is 10.2. The van der Waals surface area contributed by atoms with Crippen molar-refractivity contribution in [2.45, 2.75) is 0 Å². The van der Waals surface area contributed by atoms with Gasteiger partial charge in [0, 0.05) is 35.6 Å². The first-order valence-corrected chi connectivity index (χ1v) is 11.0. The largest absolute Gasteiger partial charge is 0.493 e. The highest BCUT2D eigenvalue weighted by molar-refractivity contribution is 7.08. The molecule has 4 aromatic heterocycles. The molecule has 0 amide bonds. The van der Waals surface area contributed by atoms with Crippen molar-refractivity contribution in [2.75, 3.05) is 32.0 Å². The number of nitrogens with zero attached hydrogens (tertiary/aromatic N) is 6. The van der Waals surface area contributed by atoms with Gasteiger partial charge in [-0.15, -0.1) is 0 Å². The van der Waals surface area contributed by atoms with Gasteiger partial charge in [-0.3, -0.25) is 9.88 Å². The van der Waals surface area contributed by atoms with Gasteiger partial charge >= 0.3 is 0 Å². The Morgan fingerprint density at radius 1 is 0.882 bits per heavy atom. The second-order valence-corrected chi connectivity index (χ2v) is 7.68. The fourth-order valence-electron chi connectivity index (χ4n) is 3.38. The minimum absolute atomic E-state index is 0.311. The summed E-state index contributed by atoms with van der Waals surface area (Å²) in [7, 11) is 4.69. The van der Waals surface area contributed by atoms with E-state index < -0.39 is 0 Å². The molecule has 2 N–H and O–H groups in total. The molecule has 0 aliphatic carbocycles. The first-order valence-electron chi connectivity index (χ1n) is 10.1. The standard InChI is InChI=1S/C22H20N8O3S/c1-31-15-9-13(10-16(32-2)18(15)33-3)26-19-17-20(30(12-25-17)14-5-8-34-11-14)28-22(27-19)29-21-23-6-4-7-24-21/h4-12H,1-3H3,(H2,23,24,26,27,28,29). The lowest BCUT2D eigenvalue weighted by Gasteiger charge is -2.15. The van der Waals surface area contributed by atoms with E-state index in [2.05, 4.69) is 35.6 Å². The van der Waals surface area contributed by atoms with Crippen LogP contribution < -0.4 is 24.8 Å². The van der Waals surface area contributed by atoms with Gasteiger partial charge in [-0.25, -0.2) is 15.0 Å². The summed E-state index contributed by atoms with van der Waals surface area (Å²) in [6.45, 7) is 0. The van der Waals surface area contributed by atoms with Crippen LogP contribution >= 0.6 is 11.3 Å². The molecule has 0 radical (unpaired) electrons. The van der Waals surface area contributed by atoms with Gasteiger partial charge in [0.25, 0.3) is 0 Å². The summed E-state index contributed by atoms with van der Waals surface area (Å²) in [6.07, 6.45) is 4.99. The molecule has 34 heavy (non-hydrogen) atoms. The van der Waals surface area contributed by atoms with E-state index in [0.29, 0.717) is 51.8 Å². The van der Waals surface area contributed by atoms with Crippen molar-refractivity contribution >= 4 is 45.9 Å². The monoisotopic (exact) mass is 476 g/mol. The number of nitrogens with one attached hydrogen (secondary N) is 2. The van der Waals surface area contributed by atoms with Gasteiger partial charge in [-0.2, -0.15) is 21.3 Å². The Kier molecular flexibility index (Phi) is 5.79. The number of rotatable bonds is 8. The van der Waals surface area contributed by atoms with E-state index in [9.17, 15) is 0 Å². The Morgan fingerprint density at radius 2 is 1.65 bits per heavy atom. The van der Waals surface area contributed by atoms with E-state index in [1.807, 2.05) is 21.4 Å². The number of benzene rings is 1. The minimum atomic E-state index is 0.311. The third kappa shape index (κ3) is 4.01. The van der Waals surface area contributed by atoms with Crippen molar-refractivity contribution in [3.05, 3.63) is 53.7 Å². The predicted octanol–water partition coefficient (Wildman–Crippen LogP) is 4.18. The van der Waals surface area contributed by atoms with Gasteiger partial charge < -0.3 is 19.5 Å². The zero-order chi connectivity index (χ0) is 23.5. The zero-order valence-corrected chi connectivity index (χ0v) is 19.3. The van der Waals surface area contributed by atoms with Crippen molar-refractivity contribution in [1.29, 1.82) is 0 Å². The van der Waals surface area contributed by atoms with Crippen molar-refractivity contribution in [2.24, 2.45) is 0 Å². The number of fused-ring (bicyclic) bond motifs is 1. The van der Waals surface area contributed by atoms with Crippen LogP contribution in [0, 0.1) is 0 Å². The lowest BCUT2D eigenvalue weighted by molar-refractivity contribution is 0.324. The molecule has 5 aromatic rings. The van der Waals surface area contributed by atoms with Gasteiger partial charge in [0.2, 0.25) is 17.6 Å². The van der Waals surface area contributed by atoms with Crippen LogP contribution in [-0.4, -0.2) is 50.8 Å². The molecule has 0 aliphatic heterocycles. The number of ether oxygens (including phenoxy) is 3. The predicted molar refractivity (Wildman–Crippen MR) is 129 cm³/mol. The molecular weight excluding hydrogens is 456 g/mol. The number of thiophene rings is 1. The van der Waals surface area contributed by atoms with Crippen LogP contribution in [0.4, 0.5) is 23.4 Å². The van der Waals surface area contributed by atoms with Gasteiger partial charge in [0.15, 0.2) is 28.5 Å². The topological polar surface area (TPSA) is 121 Å². The molecule has 0 saturated carbocycles. The summed E-state index contributed by atoms with van der Waals surface area (Å²) in [5.41, 5.74) is 2.81. The highest BCUT2D eigenvalue weighted by atomic mass is 32.1. The van der Waals surface area contributed by atoms with Crippen LogP contribution in [0.5, 0.6) is 17.2 Å². The van der Waals surface area contributed by atoms with E-state index in [1.165, 1.54) is 0 Å². The molecule has 11 nitrogen and oxygen atoms in total. The average molecular weight is 477 g/mol. The molecule has 0 aliphatic rings. The Hall–Kier alpha value is -4.45. The van der Waals surface area contributed by atoms with Gasteiger partial charge in [0.05, 0.1) is 27.0 Å². The van der Waals surface area contributed by atoms with Crippen LogP contribution in [0.2, 0.25) is 0 Å². The molecule has 12 heteroatoms. The summed E-state index contributed by atoms with van der Waals surface area (Å²) in [5, 5.41) is 10.4. The van der Waals surface area contributed by atoms with E-state index >= 15 is 0 Å². The quantitative estimate of drug-likeness (QED) is 0.337. The Morgan fingerprint density at radius 3 is 2.29 bits per heavy atom. The summed E-state index contributed by atoms with van der Waals surface area (Å²) in [6, 6.07) is 7.31. The molecule has 5 rings (SSSR count). The fourth-order valence-corrected chi connectivity index (χ4v) is 4.01. The molecule has 0 saturated heterocycles. The number of methoxy groups -OCH3 is 3. The fraction of sp³-hybridized carbons (Fsp3) is 0.136.